The number of ether oxygens (including phenoxy) is 1. The number of aryl methyl sites for hydroxylation is 2. The standard InChI is InChI=1S/C18H23NO2/c1-13-10-14(2)18(21-4)16(11-13)17(20)12-19(3)15-8-6-5-7-9-15/h5-11,17,20H,12H2,1-4H3. The van der Waals surface area contributed by atoms with E-state index in [0.717, 1.165) is 28.1 Å². The van der Waals surface area contributed by atoms with E-state index in [0.29, 0.717) is 6.54 Å². The largest absolute Gasteiger partial charge is 0.496 e. The van der Waals surface area contributed by atoms with Crippen LogP contribution in [0.25, 0.3) is 0 Å². The molecule has 0 aliphatic rings. The van der Waals surface area contributed by atoms with Crippen molar-refractivity contribution in [1.82, 2.24) is 0 Å². The second-order valence-corrected chi connectivity index (χ2v) is 5.44. The van der Waals surface area contributed by atoms with Crippen molar-refractivity contribution >= 4 is 5.69 Å². The zero-order chi connectivity index (χ0) is 15.4. The molecule has 0 aliphatic heterocycles. The molecule has 2 aromatic carbocycles. The van der Waals surface area contributed by atoms with Gasteiger partial charge in [0.25, 0.3) is 0 Å². The topological polar surface area (TPSA) is 32.7 Å². The van der Waals surface area contributed by atoms with Crippen molar-refractivity contribution in [3.63, 3.8) is 0 Å². The molecule has 112 valence electrons. The van der Waals surface area contributed by atoms with Gasteiger partial charge in [-0.05, 0) is 37.6 Å². The van der Waals surface area contributed by atoms with Crippen LogP contribution in [0, 0.1) is 13.8 Å². The summed E-state index contributed by atoms with van der Waals surface area (Å²) in [6.07, 6.45) is -0.594. The summed E-state index contributed by atoms with van der Waals surface area (Å²) in [5.74, 6) is 0.773. The van der Waals surface area contributed by atoms with Crippen molar-refractivity contribution in [2.75, 3.05) is 25.6 Å². The first kappa shape index (κ1) is 15.4. The highest BCUT2D eigenvalue weighted by Gasteiger charge is 2.17. The minimum Gasteiger partial charge on any atom is -0.496 e. The predicted molar refractivity (Wildman–Crippen MR) is 87.1 cm³/mol. The Hall–Kier alpha value is -2.00. The SMILES string of the molecule is COc1c(C)cc(C)cc1C(O)CN(C)c1ccccc1. The number of hydrogen-bond donors (Lipinski definition) is 1. The molecule has 0 radical (unpaired) electrons. The molecule has 3 heteroatoms. The fourth-order valence-corrected chi connectivity index (χ4v) is 2.66. The average Bonchev–Trinajstić information content (AvgIpc) is 2.47. The van der Waals surface area contributed by atoms with Gasteiger partial charge in [0.2, 0.25) is 0 Å². The molecule has 0 saturated carbocycles. The number of para-hydroxylation sites is 1. The van der Waals surface area contributed by atoms with Gasteiger partial charge in [0, 0.05) is 24.8 Å². The third-order valence-electron chi connectivity index (χ3n) is 3.65. The zero-order valence-electron chi connectivity index (χ0n) is 13.1. The molecule has 0 heterocycles. The molecule has 1 unspecified atom stereocenters. The fourth-order valence-electron chi connectivity index (χ4n) is 2.66. The molecule has 0 bridgehead atoms. The number of rotatable bonds is 5. The lowest BCUT2D eigenvalue weighted by Crippen LogP contribution is -2.24. The summed E-state index contributed by atoms with van der Waals surface area (Å²) >= 11 is 0. The van der Waals surface area contributed by atoms with Crippen molar-refractivity contribution < 1.29 is 9.84 Å². The Morgan fingerprint density at radius 2 is 1.81 bits per heavy atom. The predicted octanol–water partition coefficient (Wildman–Crippen LogP) is 3.48. The third-order valence-corrected chi connectivity index (χ3v) is 3.65. The van der Waals surface area contributed by atoms with E-state index in [2.05, 4.69) is 6.07 Å². The quantitative estimate of drug-likeness (QED) is 0.913. The van der Waals surface area contributed by atoms with Gasteiger partial charge in [0.1, 0.15) is 11.9 Å². The van der Waals surface area contributed by atoms with E-state index < -0.39 is 6.10 Å². The Labute approximate surface area is 126 Å². The van der Waals surface area contributed by atoms with E-state index in [1.165, 1.54) is 0 Å². The van der Waals surface area contributed by atoms with E-state index in [9.17, 15) is 5.11 Å². The van der Waals surface area contributed by atoms with E-state index >= 15 is 0 Å². The normalized spacial score (nSPS) is 12.0. The minimum atomic E-state index is -0.594. The molecule has 0 amide bonds. The van der Waals surface area contributed by atoms with Crippen LogP contribution in [0.15, 0.2) is 42.5 Å². The number of methoxy groups -OCH3 is 1. The summed E-state index contributed by atoms with van der Waals surface area (Å²) in [5, 5.41) is 10.6. The van der Waals surface area contributed by atoms with Crippen molar-refractivity contribution in [3.05, 3.63) is 59.2 Å². The Kier molecular flexibility index (Phi) is 4.86. The van der Waals surface area contributed by atoms with Crippen LogP contribution in [0.2, 0.25) is 0 Å². The molecule has 0 aliphatic carbocycles. The highest BCUT2D eigenvalue weighted by molar-refractivity contribution is 5.48. The Morgan fingerprint density at radius 3 is 2.43 bits per heavy atom. The van der Waals surface area contributed by atoms with Gasteiger partial charge in [-0.1, -0.05) is 29.8 Å². The van der Waals surface area contributed by atoms with Gasteiger partial charge >= 0.3 is 0 Å². The van der Waals surface area contributed by atoms with Gasteiger partial charge in [-0.3, -0.25) is 0 Å². The molecule has 0 fully saturated rings. The van der Waals surface area contributed by atoms with Crippen molar-refractivity contribution in [2.45, 2.75) is 20.0 Å². The molecule has 2 aromatic rings. The summed E-state index contributed by atoms with van der Waals surface area (Å²) in [7, 11) is 3.63. The van der Waals surface area contributed by atoms with Gasteiger partial charge in [0.15, 0.2) is 0 Å². The van der Waals surface area contributed by atoms with E-state index in [1.54, 1.807) is 7.11 Å². The number of hydrogen-bond acceptors (Lipinski definition) is 3. The number of benzene rings is 2. The van der Waals surface area contributed by atoms with Gasteiger partial charge in [-0.15, -0.1) is 0 Å². The van der Waals surface area contributed by atoms with Crippen LogP contribution in [0.5, 0.6) is 5.75 Å². The van der Waals surface area contributed by atoms with Gasteiger partial charge in [-0.25, -0.2) is 0 Å². The molecule has 1 N–H and O–H groups in total. The third kappa shape index (κ3) is 3.56. The van der Waals surface area contributed by atoms with Crippen molar-refractivity contribution in [1.29, 1.82) is 0 Å². The van der Waals surface area contributed by atoms with Crippen LogP contribution in [0.4, 0.5) is 5.69 Å². The number of aliphatic hydroxyl groups is 1. The van der Waals surface area contributed by atoms with Crippen molar-refractivity contribution in [2.24, 2.45) is 0 Å². The number of likely N-dealkylation sites (N-methyl/N-ethyl adjacent to an activating group) is 1. The maximum atomic E-state index is 10.6. The van der Waals surface area contributed by atoms with E-state index in [-0.39, 0.29) is 0 Å². The minimum absolute atomic E-state index is 0.517. The van der Waals surface area contributed by atoms with E-state index in [4.69, 9.17) is 4.74 Å². The van der Waals surface area contributed by atoms with Gasteiger partial charge in [-0.2, -0.15) is 0 Å². The molecule has 0 spiro atoms. The number of anilines is 1. The van der Waals surface area contributed by atoms with Gasteiger partial charge < -0.3 is 14.7 Å². The molecular formula is C18H23NO2. The highest BCUT2D eigenvalue weighted by atomic mass is 16.5. The molecular weight excluding hydrogens is 262 g/mol. The first-order valence-electron chi connectivity index (χ1n) is 7.12. The lowest BCUT2D eigenvalue weighted by atomic mass is 10.0. The molecule has 3 nitrogen and oxygen atoms in total. The number of nitrogens with zero attached hydrogens (tertiary/aromatic N) is 1. The fraction of sp³-hybridized carbons (Fsp3) is 0.333. The molecule has 0 saturated heterocycles. The molecule has 21 heavy (non-hydrogen) atoms. The highest BCUT2D eigenvalue weighted by Crippen LogP contribution is 2.31. The maximum Gasteiger partial charge on any atom is 0.127 e. The van der Waals surface area contributed by atoms with E-state index in [1.807, 2.05) is 62.2 Å². The lowest BCUT2D eigenvalue weighted by Gasteiger charge is -2.24. The van der Waals surface area contributed by atoms with Crippen molar-refractivity contribution in [3.8, 4) is 5.75 Å². The van der Waals surface area contributed by atoms with Crippen LogP contribution in [0.1, 0.15) is 22.8 Å². The van der Waals surface area contributed by atoms with Gasteiger partial charge in [0.05, 0.1) is 7.11 Å². The molecule has 0 aromatic heterocycles. The monoisotopic (exact) mass is 285 g/mol. The second kappa shape index (κ2) is 6.64. The first-order valence-corrected chi connectivity index (χ1v) is 7.12. The van der Waals surface area contributed by atoms with Crippen LogP contribution < -0.4 is 9.64 Å². The Balaban J connectivity index is 2.22. The second-order valence-electron chi connectivity index (χ2n) is 5.44. The molecule has 2 rings (SSSR count). The van der Waals surface area contributed by atoms with Crippen LogP contribution in [0.3, 0.4) is 0 Å². The Morgan fingerprint density at radius 1 is 1.14 bits per heavy atom. The summed E-state index contributed by atoms with van der Waals surface area (Å²) in [4.78, 5) is 2.04. The number of aliphatic hydroxyl groups excluding tert-OH is 1. The van der Waals surface area contributed by atoms with Crippen LogP contribution >= 0.6 is 0 Å². The summed E-state index contributed by atoms with van der Waals surface area (Å²) in [6.45, 7) is 4.55. The van der Waals surface area contributed by atoms with Crippen LogP contribution in [-0.2, 0) is 0 Å². The summed E-state index contributed by atoms with van der Waals surface area (Å²) in [6, 6.07) is 14.1. The lowest BCUT2D eigenvalue weighted by molar-refractivity contribution is 0.180. The average molecular weight is 285 g/mol. The first-order chi connectivity index (χ1) is 10.0. The summed E-state index contributed by atoms with van der Waals surface area (Å²) < 4.78 is 5.46. The maximum absolute atomic E-state index is 10.6. The Bertz CT molecular complexity index is 596. The van der Waals surface area contributed by atoms with Crippen LogP contribution in [-0.4, -0.2) is 25.8 Å². The smallest absolute Gasteiger partial charge is 0.127 e. The molecule has 1 atom stereocenters. The zero-order valence-corrected chi connectivity index (χ0v) is 13.1. The summed E-state index contributed by atoms with van der Waals surface area (Å²) in [5.41, 5.74) is 4.11.